The smallest absolute Gasteiger partial charge is 0.262 e. The summed E-state index contributed by atoms with van der Waals surface area (Å²) in [4.78, 5) is 36.7. The molecule has 8 heteroatoms. The van der Waals surface area contributed by atoms with E-state index in [2.05, 4.69) is 5.32 Å². The molecule has 0 radical (unpaired) electrons. The van der Waals surface area contributed by atoms with E-state index in [1.807, 2.05) is 0 Å². The van der Waals surface area contributed by atoms with E-state index in [1.54, 1.807) is 48.5 Å². The lowest BCUT2D eigenvalue weighted by molar-refractivity contribution is -0.123. The maximum Gasteiger partial charge on any atom is 0.262 e. The van der Waals surface area contributed by atoms with Crippen LogP contribution in [0.4, 0.5) is 11.4 Å². The molecule has 7 nitrogen and oxygen atoms in total. The maximum absolute atomic E-state index is 12.0. The summed E-state index contributed by atoms with van der Waals surface area (Å²) in [5.74, 6) is -0.902. The number of hydrogen-bond acceptors (Lipinski definition) is 4. The molecule has 1 saturated heterocycles. The molecule has 3 amide bonds. The number of primary amides is 1. The van der Waals surface area contributed by atoms with Crippen molar-refractivity contribution in [2.75, 3.05) is 23.4 Å². The molecule has 1 aliphatic rings. The van der Waals surface area contributed by atoms with Crippen molar-refractivity contribution >= 4 is 40.7 Å². The predicted octanol–water partition coefficient (Wildman–Crippen LogP) is 2.20. The van der Waals surface area contributed by atoms with Gasteiger partial charge < -0.3 is 20.7 Å². The van der Waals surface area contributed by atoms with Crippen molar-refractivity contribution in [3.05, 3.63) is 53.6 Å². The van der Waals surface area contributed by atoms with Gasteiger partial charge >= 0.3 is 0 Å². The molecule has 0 saturated carbocycles. The van der Waals surface area contributed by atoms with Gasteiger partial charge in [0, 0.05) is 29.4 Å². The molecule has 1 atom stereocenters. The molecule has 0 bridgehead atoms. The number of carbonyl (C=O) groups is 3. The van der Waals surface area contributed by atoms with E-state index in [9.17, 15) is 14.4 Å². The average molecular weight is 388 g/mol. The normalized spacial score (nSPS) is 16.3. The zero-order valence-corrected chi connectivity index (χ0v) is 15.1. The quantitative estimate of drug-likeness (QED) is 0.793. The Morgan fingerprint density at radius 1 is 1.15 bits per heavy atom. The Morgan fingerprint density at radius 3 is 2.41 bits per heavy atom. The van der Waals surface area contributed by atoms with Gasteiger partial charge in [-0.15, -0.1) is 0 Å². The standard InChI is InChI=1S/C19H18ClN3O4/c20-13-1-3-14(4-2-13)22-17(24)11-27-16-7-5-15(6-8-16)23-10-12(19(21)26)9-18(23)25/h1-8,12H,9-11H2,(H2,21,26)(H,22,24). The highest BCUT2D eigenvalue weighted by Gasteiger charge is 2.33. The number of amides is 3. The van der Waals surface area contributed by atoms with Crippen molar-refractivity contribution in [2.24, 2.45) is 11.7 Å². The number of carbonyl (C=O) groups excluding carboxylic acids is 3. The van der Waals surface area contributed by atoms with Gasteiger partial charge in [-0.05, 0) is 48.5 Å². The monoisotopic (exact) mass is 387 g/mol. The summed E-state index contributed by atoms with van der Waals surface area (Å²) in [6, 6.07) is 13.5. The Bertz CT molecular complexity index is 852. The molecular formula is C19H18ClN3O4. The Kier molecular flexibility index (Phi) is 5.61. The second kappa shape index (κ2) is 8.09. The number of nitrogens with zero attached hydrogens (tertiary/aromatic N) is 1. The van der Waals surface area contributed by atoms with Gasteiger partial charge in [0.1, 0.15) is 5.75 Å². The van der Waals surface area contributed by atoms with Crippen LogP contribution in [0.2, 0.25) is 5.02 Å². The Labute approximate surface area is 161 Å². The molecule has 3 N–H and O–H groups in total. The van der Waals surface area contributed by atoms with Crippen molar-refractivity contribution in [1.82, 2.24) is 0 Å². The summed E-state index contributed by atoms with van der Waals surface area (Å²) in [6.07, 6.45) is 0.123. The highest BCUT2D eigenvalue weighted by Crippen LogP contribution is 2.26. The number of rotatable bonds is 6. The average Bonchev–Trinajstić information content (AvgIpc) is 3.04. The molecule has 0 aromatic heterocycles. The lowest BCUT2D eigenvalue weighted by Crippen LogP contribution is -2.28. The number of benzene rings is 2. The lowest BCUT2D eigenvalue weighted by atomic mass is 10.1. The van der Waals surface area contributed by atoms with Crippen LogP contribution in [0.3, 0.4) is 0 Å². The Hall–Kier alpha value is -3.06. The van der Waals surface area contributed by atoms with Crippen LogP contribution in [-0.4, -0.2) is 30.9 Å². The molecule has 27 heavy (non-hydrogen) atoms. The number of anilines is 2. The first-order valence-electron chi connectivity index (χ1n) is 8.30. The van der Waals surface area contributed by atoms with Crippen LogP contribution in [0.1, 0.15) is 6.42 Å². The van der Waals surface area contributed by atoms with E-state index >= 15 is 0 Å². The fourth-order valence-electron chi connectivity index (χ4n) is 2.75. The van der Waals surface area contributed by atoms with Crippen LogP contribution in [0.15, 0.2) is 48.5 Å². The molecule has 2 aromatic carbocycles. The first-order chi connectivity index (χ1) is 12.9. The summed E-state index contributed by atoms with van der Waals surface area (Å²) < 4.78 is 5.45. The van der Waals surface area contributed by atoms with Crippen LogP contribution in [-0.2, 0) is 14.4 Å². The third kappa shape index (κ3) is 4.77. The van der Waals surface area contributed by atoms with Crippen molar-refractivity contribution in [2.45, 2.75) is 6.42 Å². The number of ether oxygens (including phenoxy) is 1. The third-order valence-corrected chi connectivity index (χ3v) is 4.43. The van der Waals surface area contributed by atoms with Crippen LogP contribution in [0, 0.1) is 5.92 Å². The minimum absolute atomic E-state index is 0.123. The number of hydrogen-bond donors (Lipinski definition) is 2. The molecule has 0 spiro atoms. The highest BCUT2D eigenvalue weighted by atomic mass is 35.5. The zero-order chi connectivity index (χ0) is 19.4. The largest absolute Gasteiger partial charge is 0.484 e. The summed E-state index contributed by atoms with van der Waals surface area (Å²) in [7, 11) is 0. The molecule has 1 fully saturated rings. The molecule has 2 aromatic rings. The summed E-state index contributed by atoms with van der Waals surface area (Å²) in [6.45, 7) is 0.117. The molecular weight excluding hydrogens is 370 g/mol. The fraction of sp³-hybridized carbons (Fsp3) is 0.211. The van der Waals surface area contributed by atoms with Crippen LogP contribution >= 0.6 is 11.6 Å². The van der Waals surface area contributed by atoms with Gasteiger partial charge in [0.05, 0.1) is 5.92 Å². The van der Waals surface area contributed by atoms with Gasteiger partial charge in [-0.2, -0.15) is 0 Å². The molecule has 1 aliphatic heterocycles. The first-order valence-corrected chi connectivity index (χ1v) is 8.68. The zero-order valence-electron chi connectivity index (χ0n) is 14.4. The van der Waals surface area contributed by atoms with Gasteiger partial charge in [0.15, 0.2) is 6.61 Å². The van der Waals surface area contributed by atoms with Gasteiger partial charge in [-0.25, -0.2) is 0 Å². The summed E-state index contributed by atoms with van der Waals surface area (Å²) in [5.41, 5.74) is 6.55. The van der Waals surface area contributed by atoms with Gasteiger partial charge in [-0.3, -0.25) is 14.4 Å². The molecule has 1 heterocycles. The van der Waals surface area contributed by atoms with Gasteiger partial charge in [0.25, 0.3) is 5.91 Å². The van der Waals surface area contributed by atoms with Crippen molar-refractivity contribution in [3.63, 3.8) is 0 Å². The van der Waals surface area contributed by atoms with Gasteiger partial charge in [-0.1, -0.05) is 11.6 Å². The molecule has 1 unspecified atom stereocenters. The van der Waals surface area contributed by atoms with Crippen LogP contribution in [0.25, 0.3) is 0 Å². The van der Waals surface area contributed by atoms with Crippen molar-refractivity contribution < 1.29 is 19.1 Å². The van der Waals surface area contributed by atoms with Gasteiger partial charge in [0.2, 0.25) is 11.8 Å². The second-order valence-electron chi connectivity index (χ2n) is 6.15. The SMILES string of the molecule is NC(=O)C1CC(=O)N(c2ccc(OCC(=O)Nc3ccc(Cl)cc3)cc2)C1. The van der Waals surface area contributed by atoms with Crippen LogP contribution < -0.4 is 20.7 Å². The number of nitrogens with two attached hydrogens (primary N) is 1. The Balaban J connectivity index is 1.53. The molecule has 140 valence electrons. The van der Waals surface area contributed by atoms with E-state index in [0.717, 1.165) is 0 Å². The van der Waals surface area contributed by atoms with E-state index in [1.165, 1.54) is 4.90 Å². The van der Waals surface area contributed by atoms with Crippen molar-refractivity contribution in [3.8, 4) is 5.75 Å². The minimum Gasteiger partial charge on any atom is -0.484 e. The first kappa shape index (κ1) is 18.7. The second-order valence-corrected chi connectivity index (χ2v) is 6.58. The fourth-order valence-corrected chi connectivity index (χ4v) is 2.88. The topological polar surface area (TPSA) is 102 Å². The summed E-state index contributed by atoms with van der Waals surface area (Å²) >= 11 is 5.80. The highest BCUT2D eigenvalue weighted by molar-refractivity contribution is 6.30. The van der Waals surface area contributed by atoms with E-state index < -0.39 is 11.8 Å². The van der Waals surface area contributed by atoms with Crippen molar-refractivity contribution in [1.29, 1.82) is 0 Å². The summed E-state index contributed by atoms with van der Waals surface area (Å²) in [5, 5.41) is 3.28. The molecule has 3 rings (SSSR count). The third-order valence-electron chi connectivity index (χ3n) is 4.17. The lowest BCUT2D eigenvalue weighted by Gasteiger charge is -2.16. The number of nitrogens with one attached hydrogen (secondary N) is 1. The minimum atomic E-state index is -0.475. The number of halogens is 1. The van der Waals surface area contributed by atoms with Crippen LogP contribution in [0.5, 0.6) is 5.75 Å². The Morgan fingerprint density at radius 2 is 1.81 bits per heavy atom. The molecule has 0 aliphatic carbocycles. The van der Waals surface area contributed by atoms with E-state index in [4.69, 9.17) is 22.1 Å². The van der Waals surface area contributed by atoms with E-state index in [0.29, 0.717) is 22.1 Å². The van der Waals surface area contributed by atoms with E-state index in [-0.39, 0.29) is 31.4 Å². The maximum atomic E-state index is 12.0. The predicted molar refractivity (Wildman–Crippen MR) is 102 cm³/mol.